The van der Waals surface area contributed by atoms with E-state index in [4.69, 9.17) is 0 Å². The van der Waals surface area contributed by atoms with Crippen LogP contribution >= 0.6 is 0 Å². The highest BCUT2D eigenvalue weighted by Gasteiger charge is 2.21. The van der Waals surface area contributed by atoms with Gasteiger partial charge in [-0.15, -0.1) is 0 Å². The average molecular weight is 263 g/mol. The smallest absolute Gasteiger partial charge is 0.150 e. The molecule has 0 aromatic carbocycles. The summed E-state index contributed by atoms with van der Waals surface area (Å²) in [5.41, 5.74) is 0.113. The van der Waals surface area contributed by atoms with E-state index in [2.05, 4.69) is 26.1 Å². The van der Waals surface area contributed by atoms with Crippen molar-refractivity contribution >= 4 is 9.84 Å². The molecule has 0 saturated carbocycles. The third kappa shape index (κ3) is 9.60. The molecule has 0 aliphatic carbocycles. The maximum absolute atomic E-state index is 11.6. The molecule has 0 fully saturated rings. The quantitative estimate of drug-likeness (QED) is 0.616. The Morgan fingerprint density at radius 3 is 2.12 bits per heavy atom. The number of sulfone groups is 1. The Bertz CT molecular complexity index is 284. The molecule has 0 rings (SSSR count). The lowest BCUT2D eigenvalue weighted by Gasteiger charge is -2.24. The predicted molar refractivity (Wildman–Crippen MR) is 75.1 cm³/mol. The largest absolute Gasteiger partial charge is 0.317 e. The normalized spacial score (nSPS) is 12.9. The maximum Gasteiger partial charge on any atom is 0.150 e. The topological polar surface area (TPSA) is 46.2 Å². The minimum Gasteiger partial charge on any atom is -0.317 e. The summed E-state index contributed by atoms with van der Waals surface area (Å²) in [6.07, 6.45) is 3.67. The van der Waals surface area contributed by atoms with Crippen LogP contribution in [0.2, 0.25) is 0 Å². The Hall–Kier alpha value is -0.0900. The number of rotatable bonds is 10. The first-order valence-electron chi connectivity index (χ1n) is 6.74. The molecule has 0 spiro atoms. The second-order valence-corrected chi connectivity index (χ2v) is 7.87. The Kier molecular flexibility index (Phi) is 8.05. The zero-order chi connectivity index (χ0) is 13.4. The van der Waals surface area contributed by atoms with Crippen LogP contribution in [-0.2, 0) is 9.84 Å². The van der Waals surface area contributed by atoms with Gasteiger partial charge in [0.1, 0.15) is 9.84 Å². The molecule has 0 amide bonds. The van der Waals surface area contributed by atoms with Gasteiger partial charge in [0.25, 0.3) is 0 Å². The highest BCUT2D eigenvalue weighted by atomic mass is 32.2. The Morgan fingerprint density at radius 2 is 1.59 bits per heavy atom. The molecule has 3 nitrogen and oxygen atoms in total. The number of hydrogen-bond donors (Lipinski definition) is 1. The Balaban J connectivity index is 3.92. The van der Waals surface area contributed by atoms with E-state index >= 15 is 0 Å². The molecule has 0 heterocycles. The first kappa shape index (κ1) is 16.9. The summed E-state index contributed by atoms with van der Waals surface area (Å²) in [6, 6.07) is 0. The van der Waals surface area contributed by atoms with E-state index in [0.717, 1.165) is 38.8 Å². The first-order valence-corrected chi connectivity index (χ1v) is 8.56. The van der Waals surface area contributed by atoms with Crippen LogP contribution in [0.25, 0.3) is 0 Å². The zero-order valence-electron chi connectivity index (χ0n) is 11.9. The van der Waals surface area contributed by atoms with Crippen molar-refractivity contribution in [3.63, 3.8) is 0 Å². The van der Waals surface area contributed by atoms with E-state index in [1.807, 2.05) is 6.92 Å². The van der Waals surface area contributed by atoms with E-state index < -0.39 is 9.84 Å². The van der Waals surface area contributed by atoms with Crippen LogP contribution in [0, 0.1) is 5.41 Å². The summed E-state index contributed by atoms with van der Waals surface area (Å²) in [6.45, 7) is 10.4. The molecule has 0 radical (unpaired) electrons. The van der Waals surface area contributed by atoms with Crippen molar-refractivity contribution in [2.45, 2.75) is 53.4 Å². The molecule has 0 saturated heterocycles. The summed E-state index contributed by atoms with van der Waals surface area (Å²) in [5.74, 6) is 0.665. The zero-order valence-corrected chi connectivity index (χ0v) is 12.7. The summed E-state index contributed by atoms with van der Waals surface area (Å²) in [7, 11) is -2.82. The highest BCUT2D eigenvalue weighted by molar-refractivity contribution is 7.91. The standard InChI is InChI=1S/C13H29NO2S/c1-5-9-14-10-7-13(3,4)8-12-17(15,16)11-6-2/h14H,5-12H2,1-4H3. The van der Waals surface area contributed by atoms with Gasteiger partial charge in [0, 0.05) is 5.75 Å². The van der Waals surface area contributed by atoms with Crippen LogP contribution in [-0.4, -0.2) is 33.0 Å². The van der Waals surface area contributed by atoms with Crippen LogP contribution in [0.15, 0.2) is 0 Å². The van der Waals surface area contributed by atoms with Gasteiger partial charge in [-0.2, -0.15) is 0 Å². The van der Waals surface area contributed by atoms with Gasteiger partial charge in [-0.3, -0.25) is 0 Å². The second-order valence-electron chi connectivity index (χ2n) is 5.57. The lowest BCUT2D eigenvalue weighted by atomic mass is 9.86. The predicted octanol–water partition coefficient (Wildman–Crippen LogP) is 2.62. The third-order valence-corrected chi connectivity index (χ3v) is 4.87. The molecular weight excluding hydrogens is 234 g/mol. The molecule has 0 aromatic heterocycles. The van der Waals surface area contributed by atoms with Gasteiger partial charge in [-0.1, -0.05) is 27.7 Å². The fourth-order valence-corrected chi connectivity index (χ4v) is 3.39. The van der Waals surface area contributed by atoms with Gasteiger partial charge >= 0.3 is 0 Å². The molecular formula is C13H29NO2S. The van der Waals surface area contributed by atoms with Crippen LogP contribution in [0.4, 0.5) is 0 Å². The SMILES string of the molecule is CCCNCCC(C)(C)CCS(=O)(=O)CCC. The summed E-state index contributed by atoms with van der Waals surface area (Å²) < 4.78 is 23.3. The molecule has 0 atom stereocenters. The summed E-state index contributed by atoms with van der Waals surface area (Å²) >= 11 is 0. The van der Waals surface area contributed by atoms with Crippen LogP contribution in [0.5, 0.6) is 0 Å². The van der Waals surface area contributed by atoms with Crippen molar-refractivity contribution in [2.24, 2.45) is 5.41 Å². The van der Waals surface area contributed by atoms with Crippen molar-refractivity contribution in [3.05, 3.63) is 0 Å². The van der Waals surface area contributed by atoms with Crippen molar-refractivity contribution in [1.29, 1.82) is 0 Å². The fourth-order valence-electron chi connectivity index (χ4n) is 1.70. The molecule has 0 bridgehead atoms. The number of nitrogens with one attached hydrogen (secondary N) is 1. The molecule has 1 N–H and O–H groups in total. The molecule has 0 unspecified atom stereocenters. The van der Waals surface area contributed by atoms with Crippen molar-refractivity contribution in [2.75, 3.05) is 24.6 Å². The maximum atomic E-state index is 11.6. The third-order valence-electron chi connectivity index (χ3n) is 3.01. The van der Waals surface area contributed by atoms with Crippen LogP contribution < -0.4 is 5.32 Å². The molecule has 0 aromatic rings. The van der Waals surface area contributed by atoms with Gasteiger partial charge in [0.2, 0.25) is 0 Å². The van der Waals surface area contributed by atoms with E-state index in [1.165, 1.54) is 0 Å². The highest BCUT2D eigenvalue weighted by Crippen LogP contribution is 2.25. The van der Waals surface area contributed by atoms with Crippen molar-refractivity contribution in [3.8, 4) is 0 Å². The number of hydrogen-bond acceptors (Lipinski definition) is 3. The molecule has 0 aliphatic rings. The lowest BCUT2D eigenvalue weighted by Crippen LogP contribution is -2.25. The van der Waals surface area contributed by atoms with Gasteiger partial charge < -0.3 is 5.32 Å². The first-order chi connectivity index (χ1) is 7.83. The van der Waals surface area contributed by atoms with Gasteiger partial charge in [0.15, 0.2) is 0 Å². The fraction of sp³-hybridized carbons (Fsp3) is 1.00. The molecule has 0 aliphatic heterocycles. The van der Waals surface area contributed by atoms with E-state index in [1.54, 1.807) is 0 Å². The monoisotopic (exact) mass is 263 g/mol. The Labute approximate surface area is 107 Å². The summed E-state index contributed by atoms with van der Waals surface area (Å²) in [5, 5.41) is 3.36. The van der Waals surface area contributed by atoms with Crippen molar-refractivity contribution in [1.82, 2.24) is 5.32 Å². The van der Waals surface area contributed by atoms with E-state index in [9.17, 15) is 8.42 Å². The lowest BCUT2D eigenvalue weighted by molar-refractivity contribution is 0.316. The average Bonchev–Trinajstić information content (AvgIpc) is 2.22. The van der Waals surface area contributed by atoms with Crippen LogP contribution in [0.1, 0.15) is 53.4 Å². The minimum atomic E-state index is -2.82. The van der Waals surface area contributed by atoms with E-state index in [0.29, 0.717) is 11.5 Å². The Morgan fingerprint density at radius 1 is 0.941 bits per heavy atom. The van der Waals surface area contributed by atoms with E-state index in [-0.39, 0.29) is 5.41 Å². The second kappa shape index (κ2) is 8.09. The van der Waals surface area contributed by atoms with Gasteiger partial charge in [-0.25, -0.2) is 8.42 Å². The molecule has 17 heavy (non-hydrogen) atoms. The van der Waals surface area contributed by atoms with Gasteiger partial charge in [0.05, 0.1) is 5.75 Å². The minimum absolute atomic E-state index is 0.113. The molecule has 104 valence electrons. The van der Waals surface area contributed by atoms with Crippen LogP contribution in [0.3, 0.4) is 0 Å². The summed E-state index contributed by atoms with van der Waals surface area (Å²) in [4.78, 5) is 0. The van der Waals surface area contributed by atoms with Crippen molar-refractivity contribution < 1.29 is 8.42 Å². The van der Waals surface area contributed by atoms with Gasteiger partial charge in [-0.05, 0) is 44.2 Å². The molecule has 4 heteroatoms.